The molecule has 2 aromatic carbocycles. The van der Waals surface area contributed by atoms with E-state index in [9.17, 15) is 0 Å². The van der Waals surface area contributed by atoms with Crippen LogP contribution in [0, 0.1) is 6.92 Å². The SMILES string of the molecule is CN=C(NCCCOc1ccc2ccccc2c1)NCc1scnc1C.I. The van der Waals surface area contributed by atoms with Crippen molar-refractivity contribution in [3.8, 4) is 5.75 Å². The van der Waals surface area contributed by atoms with Crippen molar-refractivity contribution >= 4 is 52.0 Å². The van der Waals surface area contributed by atoms with Gasteiger partial charge >= 0.3 is 0 Å². The molecule has 0 aliphatic carbocycles. The van der Waals surface area contributed by atoms with Gasteiger partial charge in [-0.25, -0.2) is 4.98 Å². The van der Waals surface area contributed by atoms with Crippen molar-refractivity contribution in [3.63, 3.8) is 0 Å². The number of nitrogens with one attached hydrogen (secondary N) is 2. The molecular formula is C20H25IN4OS. The summed E-state index contributed by atoms with van der Waals surface area (Å²) < 4.78 is 5.86. The number of thiazole rings is 1. The monoisotopic (exact) mass is 496 g/mol. The van der Waals surface area contributed by atoms with E-state index < -0.39 is 0 Å². The van der Waals surface area contributed by atoms with Gasteiger partial charge in [0, 0.05) is 18.5 Å². The summed E-state index contributed by atoms with van der Waals surface area (Å²) in [5, 5.41) is 9.05. The standard InChI is InChI=1S/C20H24N4OS.HI/c1-15-19(26-14-24-15)13-23-20(21-2)22-10-5-11-25-18-9-8-16-6-3-4-7-17(16)12-18;/h3-4,6-9,12,14H,5,10-11,13H2,1-2H3,(H2,21,22,23);1H. The van der Waals surface area contributed by atoms with Crippen LogP contribution in [0.25, 0.3) is 10.8 Å². The van der Waals surface area contributed by atoms with Gasteiger partial charge in [0.1, 0.15) is 5.75 Å². The van der Waals surface area contributed by atoms with Crippen molar-refractivity contribution in [2.24, 2.45) is 4.99 Å². The number of halogens is 1. The van der Waals surface area contributed by atoms with E-state index in [1.54, 1.807) is 18.4 Å². The topological polar surface area (TPSA) is 58.5 Å². The number of fused-ring (bicyclic) bond motifs is 1. The smallest absolute Gasteiger partial charge is 0.191 e. The van der Waals surface area contributed by atoms with E-state index in [2.05, 4.69) is 44.9 Å². The number of ether oxygens (including phenoxy) is 1. The second-order valence-corrected chi connectivity index (χ2v) is 6.86. The molecule has 0 saturated heterocycles. The molecule has 0 amide bonds. The summed E-state index contributed by atoms with van der Waals surface area (Å²) in [5.74, 6) is 1.70. The molecule has 7 heteroatoms. The first-order chi connectivity index (χ1) is 12.8. The van der Waals surface area contributed by atoms with E-state index in [0.717, 1.165) is 36.9 Å². The molecular weight excluding hydrogens is 471 g/mol. The Morgan fingerprint density at radius 2 is 1.96 bits per heavy atom. The third-order valence-corrected chi connectivity index (χ3v) is 5.02. The molecule has 0 aliphatic rings. The highest BCUT2D eigenvalue weighted by Crippen LogP contribution is 2.20. The average molecular weight is 496 g/mol. The fraction of sp³-hybridized carbons (Fsp3) is 0.300. The molecule has 0 bridgehead atoms. The van der Waals surface area contributed by atoms with Gasteiger partial charge in [-0.3, -0.25) is 4.99 Å². The Hall–Kier alpha value is -1.87. The van der Waals surface area contributed by atoms with E-state index >= 15 is 0 Å². The molecule has 3 aromatic rings. The van der Waals surface area contributed by atoms with Gasteiger partial charge in [0.2, 0.25) is 0 Å². The predicted octanol–water partition coefficient (Wildman–Crippen LogP) is 4.36. The molecule has 0 aliphatic heterocycles. The first-order valence-corrected chi connectivity index (χ1v) is 9.59. The Morgan fingerprint density at radius 3 is 2.70 bits per heavy atom. The van der Waals surface area contributed by atoms with E-state index in [1.165, 1.54) is 15.6 Å². The minimum absolute atomic E-state index is 0. The van der Waals surface area contributed by atoms with E-state index in [0.29, 0.717) is 6.61 Å². The fourth-order valence-electron chi connectivity index (χ4n) is 2.61. The highest BCUT2D eigenvalue weighted by Gasteiger charge is 2.03. The molecule has 5 nitrogen and oxygen atoms in total. The van der Waals surface area contributed by atoms with Crippen LogP contribution < -0.4 is 15.4 Å². The van der Waals surface area contributed by atoms with Crippen molar-refractivity contribution in [2.75, 3.05) is 20.2 Å². The molecule has 1 heterocycles. The second kappa shape index (κ2) is 11.1. The van der Waals surface area contributed by atoms with E-state index in [-0.39, 0.29) is 24.0 Å². The van der Waals surface area contributed by atoms with Crippen LogP contribution >= 0.6 is 35.3 Å². The largest absolute Gasteiger partial charge is 0.494 e. The maximum absolute atomic E-state index is 5.86. The number of aromatic nitrogens is 1. The summed E-state index contributed by atoms with van der Waals surface area (Å²) in [4.78, 5) is 9.73. The lowest BCUT2D eigenvalue weighted by atomic mass is 10.1. The summed E-state index contributed by atoms with van der Waals surface area (Å²) in [6.07, 6.45) is 0.896. The van der Waals surface area contributed by atoms with Gasteiger partial charge in [0.05, 0.1) is 24.4 Å². The van der Waals surface area contributed by atoms with Crippen LogP contribution in [0.4, 0.5) is 0 Å². The number of guanidine groups is 1. The van der Waals surface area contributed by atoms with Gasteiger partial charge in [-0.15, -0.1) is 35.3 Å². The lowest BCUT2D eigenvalue weighted by molar-refractivity contribution is 0.311. The molecule has 0 fully saturated rings. The summed E-state index contributed by atoms with van der Waals surface area (Å²) in [7, 11) is 1.78. The van der Waals surface area contributed by atoms with Crippen LogP contribution in [0.3, 0.4) is 0 Å². The third-order valence-electron chi connectivity index (χ3n) is 4.09. The maximum Gasteiger partial charge on any atom is 0.191 e. The summed E-state index contributed by atoms with van der Waals surface area (Å²) in [6.45, 7) is 4.23. The average Bonchev–Trinajstić information content (AvgIpc) is 3.08. The zero-order valence-electron chi connectivity index (χ0n) is 15.6. The van der Waals surface area contributed by atoms with Gasteiger partial charge in [-0.1, -0.05) is 30.3 Å². The molecule has 144 valence electrons. The molecule has 2 N–H and O–H groups in total. The first-order valence-electron chi connectivity index (χ1n) is 8.71. The van der Waals surface area contributed by atoms with Crippen molar-refractivity contribution < 1.29 is 4.74 Å². The normalized spacial score (nSPS) is 11.1. The van der Waals surface area contributed by atoms with Gasteiger partial charge < -0.3 is 15.4 Å². The Balaban J connectivity index is 0.00000261. The van der Waals surface area contributed by atoms with Crippen molar-refractivity contribution in [3.05, 3.63) is 58.5 Å². The van der Waals surface area contributed by atoms with Crippen LogP contribution in [-0.4, -0.2) is 31.1 Å². The van der Waals surface area contributed by atoms with Crippen LogP contribution in [0.1, 0.15) is 17.0 Å². The second-order valence-electron chi connectivity index (χ2n) is 5.92. The number of hydrogen-bond acceptors (Lipinski definition) is 4. The molecule has 0 atom stereocenters. The first kappa shape index (κ1) is 21.4. The van der Waals surface area contributed by atoms with Gasteiger partial charge in [0.25, 0.3) is 0 Å². The van der Waals surface area contributed by atoms with Gasteiger partial charge in [-0.2, -0.15) is 0 Å². The fourth-order valence-corrected chi connectivity index (χ4v) is 3.32. The van der Waals surface area contributed by atoms with Crippen LogP contribution in [-0.2, 0) is 6.54 Å². The molecule has 3 rings (SSSR count). The number of benzene rings is 2. The van der Waals surface area contributed by atoms with E-state index in [4.69, 9.17) is 4.74 Å². The minimum Gasteiger partial charge on any atom is -0.494 e. The van der Waals surface area contributed by atoms with Gasteiger partial charge in [0.15, 0.2) is 5.96 Å². The van der Waals surface area contributed by atoms with Crippen LogP contribution in [0.15, 0.2) is 53.0 Å². The molecule has 27 heavy (non-hydrogen) atoms. The number of aryl methyl sites for hydroxylation is 1. The summed E-state index contributed by atoms with van der Waals surface area (Å²) in [6, 6.07) is 14.5. The zero-order valence-corrected chi connectivity index (χ0v) is 18.7. The lowest BCUT2D eigenvalue weighted by Crippen LogP contribution is -2.37. The van der Waals surface area contributed by atoms with Crippen LogP contribution in [0.2, 0.25) is 0 Å². The number of nitrogens with zero attached hydrogens (tertiary/aromatic N) is 2. The van der Waals surface area contributed by atoms with Gasteiger partial charge in [-0.05, 0) is 36.2 Å². The molecule has 0 spiro atoms. The highest BCUT2D eigenvalue weighted by molar-refractivity contribution is 14.0. The Kier molecular flexibility index (Phi) is 8.80. The maximum atomic E-state index is 5.86. The molecule has 0 saturated carbocycles. The van der Waals surface area contributed by atoms with Crippen molar-refractivity contribution in [2.45, 2.75) is 19.9 Å². The molecule has 1 aromatic heterocycles. The Labute approximate surface area is 181 Å². The molecule has 0 radical (unpaired) electrons. The van der Waals surface area contributed by atoms with Crippen molar-refractivity contribution in [1.82, 2.24) is 15.6 Å². The third kappa shape index (κ3) is 6.35. The number of aliphatic imine (C=N–C) groups is 1. The lowest BCUT2D eigenvalue weighted by Gasteiger charge is -2.12. The summed E-state index contributed by atoms with van der Waals surface area (Å²) in [5.41, 5.74) is 2.94. The Morgan fingerprint density at radius 1 is 1.15 bits per heavy atom. The molecule has 0 unspecified atom stereocenters. The van der Waals surface area contributed by atoms with Crippen LogP contribution in [0.5, 0.6) is 5.75 Å². The summed E-state index contributed by atoms with van der Waals surface area (Å²) >= 11 is 1.66. The van der Waals surface area contributed by atoms with Crippen molar-refractivity contribution in [1.29, 1.82) is 0 Å². The Bertz CT molecular complexity index is 881. The number of rotatable bonds is 7. The minimum atomic E-state index is 0. The quantitative estimate of drug-likeness (QED) is 0.221. The van der Waals surface area contributed by atoms with E-state index in [1.807, 2.05) is 30.6 Å². The number of hydrogen-bond donors (Lipinski definition) is 2. The predicted molar refractivity (Wildman–Crippen MR) is 125 cm³/mol. The highest BCUT2D eigenvalue weighted by atomic mass is 127. The zero-order chi connectivity index (χ0) is 18.2.